The van der Waals surface area contributed by atoms with Crippen LogP contribution in [0, 0.1) is 0 Å². The molecule has 0 radical (unpaired) electrons. The van der Waals surface area contributed by atoms with Crippen LogP contribution in [0.25, 0.3) is 6.08 Å². The lowest BCUT2D eigenvalue weighted by atomic mass is 10.1. The van der Waals surface area contributed by atoms with Crippen LogP contribution in [0.5, 0.6) is 23.0 Å². The summed E-state index contributed by atoms with van der Waals surface area (Å²) in [4.78, 5) is 16.8. The first-order valence-electron chi connectivity index (χ1n) is 8.16. The molecule has 0 saturated heterocycles. The van der Waals surface area contributed by atoms with Gasteiger partial charge in [0.05, 0.1) is 28.4 Å². The van der Waals surface area contributed by atoms with E-state index in [1.54, 1.807) is 64.8 Å². The number of nitrogens with one attached hydrogen (secondary N) is 1. The Bertz CT molecular complexity index is 912. The third-order valence-corrected chi connectivity index (χ3v) is 4.07. The Labute approximate surface area is 157 Å². The van der Waals surface area contributed by atoms with Gasteiger partial charge in [0.2, 0.25) is 0 Å². The topological polar surface area (TPSA) is 78.4 Å². The van der Waals surface area contributed by atoms with Gasteiger partial charge in [-0.05, 0) is 35.9 Å². The minimum Gasteiger partial charge on any atom is -0.496 e. The molecule has 0 saturated carbocycles. The number of aliphatic imine (C=N–C) groups is 1. The summed E-state index contributed by atoms with van der Waals surface area (Å²) in [7, 11) is 6.23. The summed E-state index contributed by atoms with van der Waals surface area (Å²) in [6.07, 6.45) is 1.67. The zero-order chi connectivity index (χ0) is 19.4. The highest BCUT2D eigenvalue weighted by Gasteiger charge is 2.26. The van der Waals surface area contributed by atoms with Crippen LogP contribution in [0.4, 0.5) is 0 Å². The first-order chi connectivity index (χ1) is 13.1. The minimum atomic E-state index is -0.312. The Morgan fingerprint density at radius 2 is 1.48 bits per heavy atom. The zero-order valence-corrected chi connectivity index (χ0v) is 15.5. The molecule has 2 aromatic carbocycles. The van der Waals surface area contributed by atoms with E-state index in [2.05, 4.69) is 10.3 Å². The SMILES string of the molecule is COc1ccc(/C=C2/N=C(c3c(OC)cccc3OC)NC2=O)cc1OC. The molecule has 1 amide bonds. The fourth-order valence-corrected chi connectivity index (χ4v) is 2.77. The summed E-state index contributed by atoms with van der Waals surface area (Å²) in [5.74, 6) is 2.36. The van der Waals surface area contributed by atoms with Gasteiger partial charge in [0.1, 0.15) is 28.6 Å². The largest absolute Gasteiger partial charge is 0.496 e. The maximum absolute atomic E-state index is 12.4. The Kier molecular flexibility index (Phi) is 5.30. The molecule has 1 heterocycles. The highest BCUT2D eigenvalue weighted by Crippen LogP contribution is 2.31. The average molecular weight is 368 g/mol. The van der Waals surface area contributed by atoms with Crippen LogP contribution in [-0.4, -0.2) is 40.2 Å². The van der Waals surface area contributed by atoms with Crippen molar-refractivity contribution in [2.45, 2.75) is 0 Å². The molecule has 0 spiro atoms. The van der Waals surface area contributed by atoms with E-state index in [4.69, 9.17) is 18.9 Å². The second-order valence-electron chi connectivity index (χ2n) is 5.60. The van der Waals surface area contributed by atoms with Crippen molar-refractivity contribution < 1.29 is 23.7 Å². The minimum absolute atomic E-state index is 0.269. The molecule has 1 aliphatic rings. The Morgan fingerprint density at radius 1 is 0.852 bits per heavy atom. The van der Waals surface area contributed by atoms with Gasteiger partial charge in [0.15, 0.2) is 11.5 Å². The van der Waals surface area contributed by atoms with E-state index in [-0.39, 0.29) is 11.6 Å². The molecule has 27 heavy (non-hydrogen) atoms. The molecule has 0 fully saturated rings. The first kappa shape index (κ1) is 18.3. The number of ether oxygens (including phenoxy) is 4. The normalized spacial score (nSPS) is 14.6. The second-order valence-corrected chi connectivity index (χ2v) is 5.60. The fraction of sp³-hybridized carbons (Fsp3) is 0.200. The van der Waals surface area contributed by atoms with Crippen LogP contribution in [0.3, 0.4) is 0 Å². The molecule has 7 heteroatoms. The molecule has 2 aromatic rings. The van der Waals surface area contributed by atoms with Gasteiger partial charge in [0.25, 0.3) is 5.91 Å². The van der Waals surface area contributed by atoms with Crippen molar-refractivity contribution in [3.05, 3.63) is 53.2 Å². The number of amides is 1. The number of hydrogen-bond acceptors (Lipinski definition) is 6. The number of methoxy groups -OCH3 is 4. The highest BCUT2D eigenvalue weighted by atomic mass is 16.5. The monoisotopic (exact) mass is 368 g/mol. The zero-order valence-electron chi connectivity index (χ0n) is 15.5. The number of hydrogen-bond donors (Lipinski definition) is 1. The smallest absolute Gasteiger partial charge is 0.275 e. The molecule has 0 atom stereocenters. The fourth-order valence-electron chi connectivity index (χ4n) is 2.77. The van der Waals surface area contributed by atoms with Crippen LogP contribution in [-0.2, 0) is 4.79 Å². The average Bonchev–Trinajstić information content (AvgIpc) is 3.06. The third-order valence-electron chi connectivity index (χ3n) is 4.07. The van der Waals surface area contributed by atoms with E-state index in [0.717, 1.165) is 5.56 Å². The molecule has 1 aliphatic heterocycles. The van der Waals surface area contributed by atoms with Crippen LogP contribution < -0.4 is 24.3 Å². The second kappa shape index (κ2) is 7.82. The number of carbonyl (C=O) groups is 1. The van der Waals surface area contributed by atoms with E-state index in [1.165, 1.54) is 0 Å². The van der Waals surface area contributed by atoms with E-state index in [9.17, 15) is 4.79 Å². The van der Waals surface area contributed by atoms with Gasteiger partial charge in [-0.3, -0.25) is 4.79 Å². The standard InChI is InChI=1S/C20H20N2O5/c1-24-14-9-8-12(11-17(14)27-4)10-13-20(23)22-19(21-13)18-15(25-2)6-5-7-16(18)26-3/h5-11H,1-4H3,(H,21,22,23)/b13-10+. The van der Waals surface area contributed by atoms with Crippen LogP contribution in [0.2, 0.25) is 0 Å². The predicted octanol–water partition coefficient (Wildman–Crippen LogP) is 2.64. The lowest BCUT2D eigenvalue weighted by molar-refractivity contribution is -0.115. The molecule has 1 N–H and O–H groups in total. The van der Waals surface area contributed by atoms with Crippen molar-refractivity contribution in [2.75, 3.05) is 28.4 Å². The van der Waals surface area contributed by atoms with Crippen molar-refractivity contribution in [3.8, 4) is 23.0 Å². The van der Waals surface area contributed by atoms with Gasteiger partial charge < -0.3 is 24.3 Å². The van der Waals surface area contributed by atoms with Crippen LogP contribution in [0.15, 0.2) is 47.1 Å². The van der Waals surface area contributed by atoms with Crippen molar-refractivity contribution in [1.29, 1.82) is 0 Å². The van der Waals surface area contributed by atoms with Gasteiger partial charge in [-0.2, -0.15) is 0 Å². The van der Waals surface area contributed by atoms with Crippen molar-refractivity contribution in [3.63, 3.8) is 0 Å². The lowest BCUT2D eigenvalue weighted by Gasteiger charge is -2.12. The molecule has 0 aliphatic carbocycles. The van der Waals surface area contributed by atoms with Gasteiger partial charge in [0, 0.05) is 0 Å². The number of nitrogens with zero attached hydrogens (tertiary/aromatic N) is 1. The summed E-state index contributed by atoms with van der Waals surface area (Å²) in [5, 5.41) is 2.77. The molecule has 7 nitrogen and oxygen atoms in total. The molecule has 0 unspecified atom stereocenters. The van der Waals surface area contributed by atoms with Gasteiger partial charge in [-0.15, -0.1) is 0 Å². The van der Waals surface area contributed by atoms with Crippen LogP contribution >= 0.6 is 0 Å². The Balaban J connectivity index is 2.02. The number of carbonyl (C=O) groups excluding carboxylic acids is 1. The number of benzene rings is 2. The predicted molar refractivity (Wildman–Crippen MR) is 102 cm³/mol. The molecule has 3 rings (SSSR count). The van der Waals surface area contributed by atoms with E-state index >= 15 is 0 Å². The van der Waals surface area contributed by atoms with E-state index in [1.807, 2.05) is 6.07 Å². The van der Waals surface area contributed by atoms with Gasteiger partial charge in [-0.25, -0.2) is 4.99 Å². The van der Waals surface area contributed by atoms with Gasteiger partial charge in [-0.1, -0.05) is 12.1 Å². The van der Waals surface area contributed by atoms with Crippen molar-refractivity contribution >= 4 is 17.8 Å². The molecule has 0 bridgehead atoms. The van der Waals surface area contributed by atoms with Gasteiger partial charge >= 0.3 is 0 Å². The Hall–Kier alpha value is -3.48. The molecule has 0 aromatic heterocycles. The number of amidine groups is 1. The maximum Gasteiger partial charge on any atom is 0.275 e. The summed E-state index contributed by atoms with van der Waals surface area (Å²) in [6, 6.07) is 10.7. The lowest BCUT2D eigenvalue weighted by Crippen LogP contribution is -2.25. The van der Waals surface area contributed by atoms with Crippen LogP contribution in [0.1, 0.15) is 11.1 Å². The van der Waals surface area contributed by atoms with E-state index in [0.29, 0.717) is 34.4 Å². The van der Waals surface area contributed by atoms with Crippen molar-refractivity contribution in [1.82, 2.24) is 5.32 Å². The third kappa shape index (κ3) is 3.57. The first-order valence-corrected chi connectivity index (χ1v) is 8.16. The maximum atomic E-state index is 12.4. The quantitative estimate of drug-likeness (QED) is 0.793. The van der Waals surface area contributed by atoms with Crippen molar-refractivity contribution in [2.24, 2.45) is 4.99 Å². The number of rotatable bonds is 6. The summed E-state index contributed by atoms with van der Waals surface area (Å²) >= 11 is 0. The Morgan fingerprint density at radius 3 is 2.07 bits per heavy atom. The summed E-state index contributed by atoms with van der Waals surface area (Å²) in [5.41, 5.74) is 1.62. The van der Waals surface area contributed by atoms with E-state index < -0.39 is 0 Å². The molecule has 140 valence electrons. The highest BCUT2D eigenvalue weighted by molar-refractivity contribution is 6.21. The summed E-state index contributed by atoms with van der Waals surface area (Å²) < 4.78 is 21.3. The summed E-state index contributed by atoms with van der Waals surface area (Å²) in [6.45, 7) is 0. The molecular weight excluding hydrogens is 348 g/mol. The molecular formula is C20H20N2O5.